The minimum Gasteiger partial charge on any atom is -0.385 e. The second-order valence-corrected chi connectivity index (χ2v) is 9.88. The van der Waals surface area contributed by atoms with Crippen LogP contribution in [-0.2, 0) is 5.60 Å². The Kier molecular flexibility index (Phi) is 5.86. The molecule has 0 heterocycles. The summed E-state index contributed by atoms with van der Waals surface area (Å²) in [6.07, 6.45) is 9.09. The molecule has 0 radical (unpaired) electrons. The van der Waals surface area contributed by atoms with Crippen molar-refractivity contribution in [2.45, 2.75) is 81.9 Å². The van der Waals surface area contributed by atoms with Crippen LogP contribution >= 0.6 is 0 Å². The van der Waals surface area contributed by atoms with Crippen LogP contribution in [-0.4, -0.2) is 11.1 Å². The lowest BCUT2D eigenvalue weighted by Crippen LogP contribution is -2.35. The van der Waals surface area contributed by atoms with Gasteiger partial charge in [-0.2, -0.15) is 0 Å². The Labute approximate surface area is 186 Å². The molecule has 2 fully saturated rings. The predicted molar refractivity (Wildman–Crippen MR) is 129 cm³/mol. The van der Waals surface area contributed by atoms with Crippen LogP contribution in [0.5, 0.6) is 0 Å². The highest BCUT2D eigenvalue weighted by Gasteiger charge is 2.33. The monoisotopic (exact) mass is 413 g/mol. The van der Waals surface area contributed by atoms with Gasteiger partial charge in [0.1, 0.15) is 0 Å². The average molecular weight is 414 g/mol. The third-order valence-electron chi connectivity index (χ3n) is 7.80. The van der Waals surface area contributed by atoms with Crippen LogP contribution in [0.4, 0.5) is 0 Å². The number of aliphatic hydroxyl groups is 1. The summed E-state index contributed by atoms with van der Waals surface area (Å²) in [5, 5.41) is 17.5. The van der Waals surface area contributed by atoms with E-state index >= 15 is 0 Å². The standard InChI is InChI=1S/C29H35NO/c1-21(27-13-7-9-23-8-2-3-12-28(23)27)30-26-11-6-10-24(20-26)22-14-16-25(17-15-22)29(31)18-4-5-19-29/h2-3,7-9,12-17,21,24,26,30-31H,4-6,10-11,18-20H2,1H3/t21-,24+,26?/m1/s1. The molecule has 3 atom stereocenters. The second-order valence-electron chi connectivity index (χ2n) is 9.88. The topological polar surface area (TPSA) is 32.3 Å². The fraction of sp³-hybridized carbons (Fsp3) is 0.448. The summed E-state index contributed by atoms with van der Waals surface area (Å²) in [6, 6.07) is 25.2. The minimum atomic E-state index is -0.580. The Hall–Kier alpha value is -2.16. The lowest BCUT2D eigenvalue weighted by molar-refractivity contribution is 0.0444. The van der Waals surface area contributed by atoms with Gasteiger partial charge in [0.25, 0.3) is 0 Å². The van der Waals surface area contributed by atoms with Crippen molar-refractivity contribution < 1.29 is 5.11 Å². The molecule has 1 unspecified atom stereocenters. The van der Waals surface area contributed by atoms with Crippen molar-refractivity contribution in [3.8, 4) is 0 Å². The molecular weight excluding hydrogens is 378 g/mol. The van der Waals surface area contributed by atoms with Gasteiger partial charge in [-0.05, 0) is 72.4 Å². The summed E-state index contributed by atoms with van der Waals surface area (Å²) in [7, 11) is 0. The van der Waals surface area contributed by atoms with Gasteiger partial charge in [-0.15, -0.1) is 0 Å². The van der Waals surface area contributed by atoms with Crippen LogP contribution in [0.25, 0.3) is 10.8 Å². The largest absolute Gasteiger partial charge is 0.385 e. The van der Waals surface area contributed by atoms with Gasteiger partial charge in [0, 0.05) is 12.1 Å². The number of rotatable bonds is 5. The summed E-state index contributed by atoms with van der Waals surface area (Å²) in [5.41, 5.74) is 3.37. The molecule has 2 aliphatic rings. The maximum Gasteiger partial charge on any atom is 0.0896 e. The van der Waals surface area contributed by atoms with Crippen molar-refractivity contribution in [3.05, 3.63) is 83.4 Å². The van der Waals surface area contributed by atoms with Crippen LogP contribution in [0.15, 0.2) is 66.7 Å². The van der Waals surface area contributed by atoms with Crippen LogP contribution in [0.3, 0.4) is 0 Å². The highest BCUT2D eigenvalue weighted by molar-refractivity contribution is 5.86. The molecule has 2 N–H and O–H groups in total. The van der Waals surface area contributed by atoms with Crippen LogP contribution in [0, 0.1) is 0 Å². The van der Waals surface area contributed by atoms with Crippen molar-refractivity contribution in [1.82, 2.24) is 5.32 Å². The van der Waals surface area contributed by atoms with E-state index in [0.717, 1.165) is 31.2 Å². The van der Waals surface area contributed by atoms with E-state index in [1.54, 1.807) is 0 Å². The lowest BCUT2D eigenvalue weighted by atomic mass is 9.80. The van der Waals surface area contributed by atoms with E-state index in [1.165, 1.54) is 47.6 Å². The Morgan fingerprint density at radius 2 is 1.61 bits per heavy atom. The third kappa shape index (κ3) is 4.29. The number of hydrogen-bond acceptors (Lipinski definition) is 2. The molecule has 3 aromatic carbocycles. The quantitative estimate of drug-likeness (QED) is 0.473. The van der Waals surface area contributed by atoms with Crippen molar-refractivity contribution in [2.24, 2.45) is 0 Å². The van der Waals surface area contributed by atoms with Gasteiger partial charge in [-0.1, -0.05) is 86.0 Å². The summed E-state index contributed by atoms with van der Waals surface area (Å²) >= 11 is 0. The molecule has 0 bridgehead atoms. The van der Waals surface area contributed by atoms with Crippen molar-refractivity contribution in [1.29, 1.82) is 0 Å². The lowest BCUT2D eigenvalue weighted by Gasteiger charge is -2.33. The smallest absolute Gasteiger partial charge is 0.0896 e. The van der Waals surface area contributed by atoms with E-state index in [4.69, 9.17) is 0 Å². The Morgan fingerprint density at radius 3 is 2.42 bits per heavy atom. The van der Waals surface area contributed by atoms with Crippen LogP contribution in [0.2, 0.25) is 0 Å². The molecule has 2 heteroatoms. The van der Waals surface area contributed by atoms with Gasteiger partial charge in [-0.3, -0.25) is 0 Å². The molecule has 2 nitrogen and oxygen atoms in total. The highest BCUT2D eigenvalue weighted by Crippen LogP contribution is 2.40. The van der Waals surface area contributed by atoms with E-state index < -0.39 is 5.60 Å². The van der Waals surface area contributed by atoms with Crippen molar-refractivity contribution >= 4 is 10.8 Å². The van der Waals surface area contributed by atoms with Crippen LogP contribution < -0.4 is 5.32 Å². The van der Waals surface area contributed by atoms with E-state index in [1.807, 2.05) is 0 Å². The first-order chi connectivity index (χ1) is 15.1. The normalized spacial score (nSPS) is 24.3. The van der Waals surface area contributed by atoms with Crippen LogP contribution in [0.1, 0.15) is 86.9 Å². The summed E-state index contributed by atoms with van der Waals surface area (Å²) in [4.78, 5) is 0. The molecule has 0 amide bonds. The van der Waals surface area contributed by atoms with Gasteiger partial charge in [0.2, 0.25) is 0 Å². The third-order valence-corrected chi connectivity index (χ3v) is 7.80. The number of benzene rings is 3. The fourth-order valence-corrected chi connectivity index (χ4v) is 6.03. The number of fused-ring (bicyclic) bond motifs is 1. The molecule has 2 aliphatic carbocycles. The zero-order chi connectivity index (χ0) is 21.3. The van der Waals surface area contributed by atoms with Crippen molar-refractivity contribution in [2.75, 3.05) is 0 Å². The predicted octanol–water partition coefficient (Wildman–Crippen LogP) is 6.98. The number of nitrogens with one attached hydrogen (secondary N) is 1. The Morgan fingerprint density at radius 1 is 0.871 bits per heavy atom. The SMILES string of the molecule is C[C@@H](NC1CCC[C@H](c2ccc(C3(O)CCCC3)cc2)C1)c1cccc2ccccc12. The van der Waals surface area contributed by atoms with Gasteiger partial charge in [0.15, 0.2) is 0 Å². The molecule has 0 aromatic heterocycles. The summed E-state index contributed by atoms with van der Waals surface area (Å²) in [5.74, 6) is 0.609. The van der Waals surface area contributed by atoms with E-state index in [-0.39, 0.29) is 0 Å². The zero-order valence-electron chi connectivity index (χ0n) is 18.7. The molecule has 31 heavy (non-hydrogen) atoms. The van der Waals surface area contributed by atoms with Gasteiger partial charge in [-0.25, -0.2) is 0 Å². The minimum absolute atomic E-state index is 0.342. The first kappa shape index (κ1) is 20.7. The van der Waals surface area contributed by atoms with Crippen molar-refractivity contribution in [3.63, 3.8) is 0 Å². The van der Waals surface area contributed by atoms with E-state index in [2.05, 4.69) is 79.0 Å². The average Bonchev–Trinajstić information content (AvgIpc) is 3.26. The van der Waals surface area contributed by atoms with Gasteiger partial charge >= 0.3 is 0 Å². The molecular formula is C29H35NO. The molecule has 162 valence electrons. The van der Waals surface area contributed by atoms with E-state index in [9.17, 15) is 5.11 Å². The van der Waals surface area contributed by atoms with Gasteiger partial charge < -0.3 is 10.4 Å². The highest BCUT2D eigenvalue weighted by atomic mass is 16.3. The summed E-state index contributed by atoms with van der Waals surface area (Å²) < 4.78 is 0. The summed E-state index contributed by atoms with van der Waals surface area (Å²) in [6.45, 7) is 2.31. The first-order valence-electron chi connectivity index (χ1n) is 12.2. The fourth-order valence-electron chi connectivity index (χ4n) is 6.03. The second kappa shape index (κ2) is 8.76. The van der Waals surface area contributed by atoms with Gasteiger partial charge in [0.05, 0.1) is 5.60 Å². The Bertz CT molecular complexity index is 1010. The molecule has 2 saturated carbocycles. The molecule has 5 rings (SSSR count). The molecule has 0 saturated heterocycles. The zero-order valence-corrected chi connectivity index (χ0v) is 18.7. The maximum atomic E-state index is 10.9. The van der Waals surface area contributed by atoms with E-state index in [0.29, 0.717) is 18.0 Å². The molecule has 3 aromatic rings. The molecule has 0 spiro atoms. The Balaban J connectivity index is 1.27. The molecule has 0 aliphatic heterocycles. The maximum absolute atomic E-state index is 10.9. The number of hydrogen-bond donors (Lipinski definition) is 2. The first-order valence-corrected chi connectivity index (χ1v) is 12.2.